The molecule has 4 aromatic rings. The number of hydrogen-bond donors (Lipinski definition) is 7. The van der Waals surface area contributed by atoms with E-state index in [2.05, 4.69) is 36.3 Å². The Labute approximate surface area is 337 Å². The number of nitrogens with two attached hydrogens (primary N) is 1. The van der Waals surface area contributed by atoms with Crippen molar-refractivity contribution in [3.8, 4) is 0 Å². The number of nitrogens with one attached hydrogen (secondary N) is 6. The second-order valence-electron chi connectivity index (χ2n) is 14.0. The number of sulfonamides is 1. The van der Waals surface area contributed by atoms with Crippen LogP contribution in [0.2, 0.25) is 0 Å². The molecule has 4 aromatic carbocycles. The van der Waals surface area contributed by atoms with Crippen molar-refractivity contribution < 1.29 is 32.4 Å². The zero-order valence-electron chi connectivity index (χ0n) is 32.2. The number of carbonyl (C=O) groups excluding carboxylic acids is 5. The molecule has 0 spiro atoms. The molecule has 58 heavy (non-hydrogen) atoms. The third-order valence-corrected chi connectivity index (χ3v) is 10.8. The molecule has 0 aromatic heterocycles. The smallest absolute Gasteiger partial charge is 0.264 e. The average molecular weight is 809 g/mol. The Kier molecular flexibility index (Phi) is 14.7. The van der Waals surface area contributed by atoms with E-state index in [4.69, 9.17) is 5.73 Å². The summed E-state index contributed by atoms with van der Waals surface area (Å²) < 4.78 is 27.9. The van der Waals surface area contributed by atoms with Crippen molar-refractivity contribution in [2.75, 3.05) is 6.54 Å². The minimum Gasteiger partial charge on any atom is -0.369 e. The second-order valence-corrected chi connectivity index (χ2v) is 15.7. The summed E-state index contributed by atoms with van der Waals surface area (Å²) in [5.74, 6) is -3.80. The Morgan fingerprint density at radius 3 is 1.67 bits per heavy atom. The largest absolute Gasteiger partial charge is 0.369 e. The SMILES string of the molecule is Cc1ccc(S(=O)(=O)NC(N)=NCCCC2NC(=O)C(c3ccccc3)NC(=O)C(Cc3ccccc3)NC(=O)C(C)NC(=O)C(Cc3ccccc3)NC2=O)cc1. The Hall–Kier alpha value is -6.55. The van der Waals surface area contributed by atoms with Gasteiger partial charge >= 0.3 is 0 Å². The Morgan fingerprint density at radius 2 is 1.10 bits per heavy atom. The summed E-state index contributed by atoms with van der Waals surface area (Å²) in [6.45, 7) is 3.26. The number of hydrogen-bond acceptors (Lipinski definition) is 8. The summed E-state index contributed by atoms with van der Waals surface area (Å²) in [7, 11) is -4.01. The van der Waals surface area contributed by atoms with Gasteiger partial charge in [0.05, 0.1) is 4.90 Å². The molecule has 0 saturated carbocycles. The van der Waals surface area contributed by atoms with Gasteiger partial charge in [0.25, 0.3) is 10.0 Å². The quantitative estimate of drug-likeness (QED) is 0.0669. The van der Waals surface area contributed by atoms with Crippen molar-refractivity contribution in [1.29, 1.82) is 0 Å². The van der Waals surface area contributed by atoms with Crippen LogP contribution in [0.1, 0.15) is 48.1 Å². The summed E-state index contributed by atoms with van der Waals surface area (Å²) in [5, 5.41) is 13.7. The lowest BCUT2D eigenvalue weighted by Gasteiger charge is -2.26. The van der Waals surface area contributed by atoms with E-state index in [0.717, 1.165) is 16.7 Å². The molecule has 8 N–H and O–H groups in total. The monoisotopic (exact) mass is 808 g/mol. The number of amides is 5. The van der Waals surface area contributed by atoms with Gasteiger partial charge in [-0.1, -0.05) is 109 Å². The minimum atomic E-state index is -4.01. The van der Waals surface area contributed by atoms with Crippen LogP contribution in [0.4, 0.5) is 0 Å². The number of aryl methyl sites for hydroxylation is 1. The molecule has 0 radical (unpaired) electrons. The molecule has 1 aliphatic heterocycles. The van der Waals surface area contributed by atoms with Crippen LogP contribution in [0.3, 0.4) is 0 Å². The first kappa shape index (κ1) is 42.6. The molecule has 1 aliphatic rings. The molecule has 5 atom stereocenters. The van der Waals surface area contributed by atoms with Crippen LogP contribution < -0.4 is 37.0 Å². The fourth-order valence-electron chi connectivity index (χ4n) is 6.22. The Balaban J connectivity index is 1.44. The third kappa shape index (κ3) is 12.2. The van der Waals surface area contributed by atoms with Crippen LogP contribution in [0.15, 0.2) is 125 Å². The van der Waals surface area contributed by atoms with Gasteiger partial charge in [-0.2, -0.15) is 0 Å². The molecule has 0 aliphatic carbocycles. The van der Waals surface area contributed by atoms with Gasteiger partial charge in [0.2, 0.25) is 35.5 Å². The maximum Gasteiger partial charge on any atom is 0.264 e. The summed E-state index contributed by atoms with van der Waals surface area (Å²) in [5.41, 5.74) is 8.68. The number of aliphatic imine (C=N–C) groups is 1. The molecule has 5 rings (SSSR count). The highest BCUT2D eigenvalue weighted by Crippen LogP contribution is 2.16. The van der Waals surface area contributed by atoms with Gasteiger partial charge in [-0.15, -0.1) is 0 Å². The summed E-state index contributed by atoms with van der Waals surface area (Å²) in [4.78, 5) is 73.9. The summed E-state index contributed by atoms with van der Waals surface area (Å²) in [6.07, 6.45) is 0.240. The molecule has 1 heterocycles. The highest BCUT2D eigenvalue weighted by molar-refractivity contribution is 7.90. The Morgan fingerprint density at radius 1 is 0.621 bits per heavy atom. The molecule has 0 bridgehead atoms. The zero-order valence-corrected chi connectivity index (χ0v) is 33.0. The van der Waals surface area contributed by atoms with E-state index in [-0.39, 0.29) is 43.1 Å². The van der Waals surface area contributed by atoms with Crippen molar-refractivity contribution in [3.63, 3.8) is 0 Å². The molecule has 15 nitrogen and oxygen atoms in total. The maximum atomic E-state index is 14.2. The third-order valence-electron chi connectivity index (χ3n) is 9.40. The molecule has 304 valence electrons. The Bertz CT molecular complexity index is 2190. The topological polar surface area (TPSA) is 230 Å². The van der Waals surface area contributed by atoms with Crippen molar-refractivity contribution in [1.82, 2.24) is 31.3 Å². The molecule has 5 amide bonds. The molecule has 1 fully saturated rings. The fourth-order valence-corrected chi connectivity index (χ4v) is 7.17. The summed E-state index contributed by atoms with van der Waals surface area (Å²) in [6, 6.07) is 26.6. The highest BCUT2D eigenvalue weighted by atomic mass is 32.2. The second kappa shape index (κ2) is 20.0. The lowest BCUT2D eigenvalue weighted by Crippen LogP contribution is -2.57. The van der Waals surface area contributed by atoms with Crippen LogP contribution in [-0.2, 0) is 46.8 Å². The van der Waals surface area contributed by atoms with E-state index in [1.54, 1.807) is 91.0 Å². The number of carbonyl (C=O) groups is 5. The number of benzene rings is 4. The maximum absolute atomic E-state index is 14.2. The number of guanidine groups is 1. The van der Waals surface area contributed by atoms with Gasteiger partial charge in [0, 0.05) is 19.4 Å². The average Bonchev–Trinajstić information content (AvgIpc) is 3.21. The minimum absolute atomic E-state index is 0.00106. The van der Waals surface area contributed by atoms with Crippen LogP contribution in [0, 0.1) is 6.92 Å². The van der Waals surface area contributed by atoms with E-state index in [1.165, 1.54) is 19.1 Å². The van der Waals surface area contributed by atoms with Crippen molar-refractivity contribution in [2.45, 2.75) is 74.6 Å². The van der Waals surface area contributed by atoms with E-state index >= 15 is 0 Å². The first-order valence-corrected chi connectivity index (χ1v) is 20.3. The van der Waals surface area contributed by atoms with Crippen molar-refractivity contribution >= 4 is 45.5 Å². The summed E-state index contributed by atoms with van der Waals surface area (Å²) >= 11 is 0. The fraction of sp³-hybridized carbons (Fsp3) is 0.286. The van der Waals surface area contributed by atoms with E-state index in [0.29, 0.717) is 5.56 Å². The highest BCUT2D eigenvalue weighted by Gasteiger charge is 2.34. The van der Waals surface area contributed by atoms with Crippen LogP contribution in [-0.4, -0.2) is 74.6 Å². The molecule has 16 heteroatoms. The van der Waals surface area contributed by atoms with Crippen molar-refractivity contribution in [2.24, 2.45) is 10.7 Å². The zero-order chi connectivity index (χ0) is 41.7. The van der Waals surface area contributed by atoms with Gasteiger partial charge in [-0.05, 0) is 55.5 Å². The predicted molar refractivity (Wildman–Crippen MR) is 218 cm³/mol. The molecular formula is C42H48N8O7S. The van der Waals surface area contributed by atoms with Crippen LogP contribution in [0.5, 0.6) is 0 Å². The molecule has 5 unspecified atom stereocenters. The lowest BCUT2D eigenvalue weighted by molar-refractivity contribution is -0.134. The number of nitrogens with zero attached hydrogens (tertiary/aromatic N) is 1. The van der Waals surface area contributed by atoms with E-state index in [1.807, 2.05) is 19.1 Å². The van der Waals surface area contributed by atoms with Crippen molar-refractivity contribution in [3.05, 3.63) is 138 Å². The normalized spacial score (nSPS) is 21.2. The first-order chi connectivity index (χ1) is 27.8. The van der Waals surface area contributed by atoms with Crippen LogP contribution in [0.25, 0.3) is 0 Å². The number of rotatable bonds is 11. The van der Waals surface area contributed by atoms with Crippen LogP contribution >= 0.6 is 0 Å². The molecular weight excluding hydrogens is 761 g/mol. The van der Waals surface area contributed by atoms with Gasteiger partial charge < -0.3 is 32.3 Å². The van der Waals surface area contributed by atoms with E-state index in [9.17, 15) is 32.4 Å². The standard InChI is InChI=1S/C42H48N8O7S/c1-27-20-22-32(23-21-27)58(56,57)50-42(43)44-24-12-19-33-38(52)48-34(25-29-13-6-3-7-14-29)39(53)45-28(2)37(51)47-35(26-30-15-8-4-9-16-30)40(54)49-36(41(55)46-33)31-17-10-5-11-18-31/h3-11,13-18,20-23,28,33-36H,12,19,24-26H2,1-2H3,(H,45,53)(H,46,55)(H,47,51)(H,48,52)(H,49,54)(H3,43,44,50). The van der Waals surface area contributed by atoms with Gasteiger partial charge in [0.15, 0.2) is 0 Å². The van der Waals surface area contributed by atoms with Gasteiger partial charge in [-0.3, -0.25) is 29.0 Å². The van der Waals surface area contributed by atoms with E-state index < -0.39 is 69.8 Å². The molecule has 1 saturated heterocycles. The first-order valence-electron chi connectivity index (χ1n) is 18.8. The predicted octanol–water partition coefficient (Wildman–Crippen LogP) is 1.68. The van der Waals surface area contributed by atoms with Gasteiger partial charge in [-0.25, -0.2) is 13.1 Å². The lowest BCUT2D eigenvalue weighted by atomic mass is 10.0. The van der Waals surface area contributed by atoms with Gasteiger partial charge in [0.1, 0.15) is 30.2 Å².